The minimum atomic E-state index is -2.35. The molecular weight excluding hydrogens is 347 g/mol. The van der Waals surface area contributed by atoms with E-state index in [9.17, 15) is 31.5 Å². The number of carbonyl (C=O) groups is 2. The smallest absolute Gasteiger partial charge is 0.257 e. The van der Waals surface area contributed by atoms with Crippen molar-refractivity contribution in [2.75, 3.05) is 11.9 Å². The first-order chi connectivity index (χ1) is 11.8. The largest absolute Gasteiger partial charge is 0.351 e. The molecule has 2 N–H and O–H groups in total. The first kappa shape index (κ1) is 18.4. The number of halogens is 5. The van der Waals surface area contributed by atoms with Gasteiger partial charge in [-0.2, -0.15) is 0 Å². The highest BCUT2D eigenvalue weighted by Crippen LogP contribution is 2.22. The van der Waals surface area contributed by atoms with Gasteiger partial charge in [0.15, 0.2) is 23.3 Å². The molecule has 4 nitrogen and oxygen atoms in total. The first-order valence-corrected chi connectivity index (χ1v) is 6.97. The van der Waals surface area contributed by atoms with Crippen LogP contribution in [0.1, 0.15) is 16.8 Å². The monoisotopic (exact) mass is 358 g/mol. The van der Waals surface area contributed by atoms with E-state index in [1.54, 1.807) is 30.3 Å². The molecule has 2 aromatic carbocycles. The molecule has 2 rings (SSSR count). The Morgan fingerprint density at radius 2 is 1.32 bits per heavy atom. The maximum atomic E-state index is 13.5. The predicted molar refractivity (Wildman–Crippen MR) is 78.3 cm³/mol. The molecule has 0 heterocycles. The zero-order chi connectivity index (χ0) is 18.6. The Labute approximate surface area is 138 Å². The molecule has 0 spiro atoms. The summed E-state index contributed by atoms with van der Waals surface area (Å²) in [5, 5.41) is 4.43. The van der Waals surface area contributed by atoms with Crippen LogP contribution in [0.25, 0.3) is 0 Å². The van der Waals surface area contributed by atoms with Crippen LogP contribution in [0.15, 0.2) is 30.3 Å². The second-order valence-electron chi connectivity index (χ2n) is 4.87. The van der Waals surface area contributed by atoms with Crippen molar-refractivity contribution in [3.63, 3.8) is 0 Å². The molecule has 0 atom stereocenters. The van der Waals surface area contributed by atoms with Crippen molar-refractivity contribution in [3.8, 4) is 0 Å². The lowest BCUT2D eigenvalue weighted by Crippen LogP contribution is -2.30. The van der Waals surface area contributed by atoms with Crippen molar-refractivity contribution >= 4 is 17.5 Å². The average molecular weight is 358 g/mol. The highest BCUT2D eigenvalue weighted by atomic mass is 19.2. The standard InChI is InChI=1S/C16H11F5N2O2/c17-11-10(12(18)14(20)15(21)13(11)19)16(25)22-7-6-9(24)23-8-4-2-1-3-5-8/h1-5H,6-7H2,(H,22,25)(H,23,24). The maximum absolute atomic E-state index is 13.5. The van der Waals surface area contributed by atoms with Crippen molar-refractivity contribution < 1.29 is 31.5 Å². The average Bonchev–Trinajstić information content (AvgIpc) is 2.59. The Balaban J connectivity index is 1.98. The van der Waals surface area contributed by atoms with Crippen LogP contribution in [0.2, 0.25) is 0 Å². The lowest BCUT2D eigenvalue weighted by atomic mass is 10.1. The van der Waals surface area contributed by atoms with E-state index >= 15 is 0 Å². The van der Waals surface area contributed by atoms with Crippen molar-refractivity contribution in [1.82, 2.24) is 5.32 Å². The van der Waals surface area contributed by atoms with E-state index < -0.39 is 46.5 Å². The second-order valence-corrected chi connectivity index (χ2v) is 4.87. The summed E-state index contributed by atoms with van der Waals surface area (Å²) in [6.45, 7) is -0.364. The Bertz CT molecular complexity index is 783. The van der Waals surface area contributed by atoms with Gasteiger partial charge in [0.1, 0.15) is 5.56 Å². The van der Waals surface area contributed by atoms with Gasteiger partial charge in [-0.05, 0) is 12.1 Å². The van der Waals surface area contributed by atoms with Crippen LogP contribution >= 0.6 is 0 Å². The van der Waals surface area contributed by atoms with Gasteiger partial charge >= 0.3 is 0 Å². The third-order valence-corrected chi connectivity index (χ3v) is 3.13. The van der Waals surface area contributed by atoms with Gasteiger partial charge in [0.25, 0.3) is 5.91 Å². The minimum absolute atomic E-state index is 0.268. The van der Waals surface area contributed by atoms with E-state index in [1.165, 1.54) is 0 Å². The molecule has 0 fully saturated rings. The fraction of sp³-hybridized carbons (Fsp3) is 0.125. The normalized spacial score (nSPS) is 10.4. The zero-order valence-electron chi connectivity index (χ0n) is 12.5. The van der Waals surface area contributed by atoms with Gasteiger partial charge in [-0.3, -0.25) is 9.59 Å². The Kier molecular flexibility index (Phi) is 5.68. The molecule has 25 heavy (non-hydrogen) atoms. The zero-order valence-corrected chi connectivity index (χ0v) is 12.5. The van der Waals surface area contributed by atoms with E-state index in [2.05, 4.69) is 5.32 Å². The van der Waals surface area contributed by atoms with E-state index in [0.29, 0.717) is 5.69 Å². The number of amides is 2. The van der Waals surface area contributed by atoms with Crippen molar-refractivity contribution in [1.29, 1.82) is 0 Å². The second kappa shape index (κ2) is 7.73. The summed E-state index contributed by atoms with van der Waals surface area (Å²) in [7, 11) is 0. The molecule has 0 saturated heterocycles. The molecule has 0 bridgehead atoms. The van der Waals surface area contributed by atoms with Crippen LogP contribution in [0.5, 0.6) is 0 Å². The highest BCUT2D eigenvalue weighted by Gasteiger charge is 2.29. The maximum Gasteiger partial charge on any atom is 0.257 e. The van der Waals surface area contributed by atoms with Crippen molar-refractivity contribution in [2.24, 2.45) is 0 Å². The molecule has 0 aliphatic rings. The number of para-hydroxylation sites is 1. The Morgan fingerprint density at radius 1 is 0.800 bits per heavy atom. The molecule has 0 aliphatic heterocycles. The third kappa shape index (κ3) is 4.11. The molecular formula is C16H11F5N2O2. The number of hydrogen-bond donors (Lipinski definition) is 2. The molecule has 0 aromatic heterocycles. The third-order valence-electron chi connectivity index (χ3n) is 3.13. The number of nitrogens with one attached hydrogen (secondary N) is 2. The molecule has 2 aromatic rings. The van der Waals surface area contributed by atoms with Crippen LogP contribution in [0, 0.1) is 29.1 Å². The Hall–Kier alpha value is -2.97. The molecule has 0 unspecified atom stereocenters. The SMILES string of the molecule is O=C(CCNC(=O)c1c(F)c(F)c(F)c(F)c1F)Nc1ccccc1. The molecule has 132 valence electrons. The van der Waals surface area contributed by atoms with Gasteiger partial charge in [0.05, 0.1) is 0 Å². The van der Waals surface area contributed by atoms with E-state index in [-0.39, 0.29) is 13.0 Å². The number of hydrogen-bond acceptors (Lipinski definition) is 2. The lowest BCUT2D eigenvalue weighted by molar-refractivity contribution is -0.116. The number of benzene rings is 2. The molecule has 0 aliphatic carbocycles. The van der Waals surface area contributed by atoms with E-state index in [1.807, 2.05) is 5.32 Å². The topological polar surface area (TPSA) is 58.2 Å². The molecule has 0 saturated carbocycles. The lowest BCUT2D eigenvalue weighted by Gasteiger charge is -2.09. The van der Waals surface area contributed by atoms with E-state index in [0.717, 1.165) is 0 Å². The minimum Gasteiger partial charge on any atom is -0.351 e. The molecule has 2 amide bonds. The first-order valence-electron chi connectivity index (χ1n) is 6.97. The number of carbonyl (C=O) groups excluding carboxylic acids is 2. The van der Waals surface area contributed by atoms with Gasteiger partial charge in [-0.15, -0.1) is 0 Å². The van der Waals surface area contributed by atoms with E-state index in [4.69, 9.17) is 0 Å². The van der Waals surface area contributed by atoms with Crippen LogP contribution in [-0.2, 0) is 4.79 Å². The fourth-order valence-corrected chi connectivity index (χ4v) is 1.93. The van der Waals surface area contributed by atoms with Gasteiger partial charge in [0, 0.05) is 18.7 Å². The summed E-state index contributed by atoms with van der Waals surface area (Å²) in [6.07, 6.45) is -0.268. The number of anilines is 1. The Morgan fingerprint density at radius 3 is 1.88 bits per heavy atom. The molecule has 0 radical (unpaired) electrons. The van der Waals surface area contributed by atoms with Crippen LogP contribution in [-0.4, -0.2) is 18.4 Å². The van der Waals surface area contributed by atoms with Gasteiger partial charge in [-0.1, -0.05) is 18.2 Å². The van der Waals surface area contributed by atoms with Crippen LogP contribution < -0.4 is 10.6 Å². The summed E-state index contributed by atoms with van der Waals surface area (Å²) in [5.41, 5.74) is -1.10. The fourth-order valence-electron chi connectivity index (χ4n) is 1.93. The van der Waals surface area contributed by atoms with Crippen LogP contribution in [0.4, 0.5) is 27.6 Å². The highest BCUT2D eigenvalue weighted by molar-refractivity contribution is 5.95. The van der Waals surface area contributed by atoms with Gasteiger partial charge in [-0.25, -0.2) is 22.0 Å². The van der Waals surface area contributed by atoms with Crippen molar-refractivity contribution in [3.05, 3.63) is 65.0 Å². The number of rotatable bonds is 5. The summed E-state index contributed by atoms with van der Waals surface area (Å²) >= 11 is 0. The molecule has 9 heteroatoms. The van der Waals surface area contributed by atoms with Gasteiger partial charge < -0.3 is 10.6 Å². The predicted octanol–water partition coefficient (Wildman–Crippen LogP) is 3.14. The quantitative estimate of drug-likeness (QED) is 0.490. The van der Waals surface area contributed by atoms with Crippen LogP contribution in [0.3, 0.4) is 0 Å². The summed E-state index contributed by atoms with van der Waals surface area (Å²) in [5.74, 6) is -13.3. The summed E-state index contributed by atoms with van der Waals surface area (Å²) in [4.78, 5) is 23.3. The van der Waals surface area contributed by atoms with Gasteiger partial charge in [0.2, 0.25) is 11.7 Å². The summed E-state index contributed by atoms with van der Waals surface area (Å²) in [6, 6.07) is 8.33. The summed E-state index contributed by atoms with van der Waals surface area (Å²) < 4.78 is 65.9. The van der Waals surface area contributed by atoms with Crippen molar-refractivity contribution in [2.45, 2.75) is 6.42 Å².